The van der Waals surface area contributed by atoms with Gasteiger partial charge in [-0.25, -0.2) is 8.42 Å². The maximum absolute atomic E-state index is 12.5. The van der Waals surface area contributed by atoms with Crippen LogP contribution in [-0.4, -0.2) is 20.6 Å². The van der Waals surface area contributed by atoms with Crippen LogP contribution in [0.1, 0.15) is 46.4 Å². The summed E-state index contributed by atoms with van der Waals surface area (Å²) in [6, 6.07) is 10.7. The van der Waals surface area contributed by atoms with Gasteiger partial charge >= 0.3 is 0 Å². The second kappa shape index (κ2) is 7.29. The predicted octanol–water partition coefficient (Wildman–Crippen LogP) is 3.69. The third-order valence-corrected chi connectivity index (χ3v) is 5.41. The maximum atomic E-state index is 12.5. The lowest BCUT2D eigenvalue weighted by Gasteiger charge is -2.16. The minimum absolute atomic E-state index is 0.154. The van der Waals surface area contributed by atoms with Crippen LogP contribution < -0.4 is 10.0 Å². The molecule has 3 rings (SSSR count). The first-order valence-corrected chi connectivity index (χ1v) is 10.7. The number of anilines is 1. The van der Waals surface area contributed by atoms with E-state index in [1.807, 2.05) is 6.92 Å². The third kappa shape index (κ3) is 4.37. The molecule has 0 spiro atoms. The van der Waals surface area contributed by atoms with E-state index in [1.165, 1.54) is 35.7 Å². The SMILES string of the molecule is CC(NC(=O)c1ccc(NS(C)(=O)=O)cc1Cl)c1ccc2c(c1)CCC2. The molecule has 0 aliphatic heterocycles. The number of carbonyl (C=O) groups is 1. The minimum Gasteiger partial charge on any atom is -0.345 e. The molecule has 1 unspecified atom stereocenters. The quantitative estimate of drug-likeness (QED) is 0.814. The summed E-state index contributed by atoms with van der Waals surface area (Å²) in [5.41, 5.74) is 4.44. The van der Waals surface area contributed by atoms with Gasteiger partial charge in [0.2, 0.25) is 10.0 Å². The molecule has 2 aromatic rings. The van der Waals surface area contributed by atoms with E-state index in [-0.39, 0.29) is 17.0 Å². The number of hydrogen-bond acceptors (Lipinski definition) is 3. The van der Waals surface area contributed by atoms with E-state index in [0.29, 0.717) is 11.3 Å². The number of carbonyl (C=O) groups excluding carboxylic acids is 1. The highest BCUT2D eigenvalue weighted by molar-refractivity contribution is 7.92. The van der Waals surface area contributed by atoms with Gasteiger partial charge in [-0.3, -0.25) is 9.52 Å². The summed E-state index contributed by atoms with van der Waals surface area (Å²) < 4.78 is 24.9. The van der Waals surface area contributed by atoms with Crippen molar-refractivity contribution in [3.63, 3.8) is 0 Å². The molecule has 5 nitrogen and oxygen atoms in total. The number of benzene rings is 2. The van der Waals surface area contributed by atoms with Gasteiger partial charge < -0.3 is 5.32 Å². The topological polar surface area (TPSA) is 75.3 Å². The molecular formula is C19H21ClN2O3S. The summed E-state index contributed by atoms with van der Waals surface area (Å²) >= 11 is 6.16. The van der Waals surface area contributed by atoms with Gasteiger partial charge in [0.15, 0.2) is 0 Å². The summed E-state index contributed by atoms with van der Waals surface area (Å²) in [6.07, 6.45) is 4.45. The van der Waals surface area contributed by atoms with E-state index in [4.69, 9.17) is 11.6 Å². The Bertz CT molecular complexity index is 957. The molecule has 0 aromatic heterocycles. The molecule has 138 valence electrons. The Morgan fingerprint density at radius 2 is 1.85 bits per heavy atom. The molecule has 1 aliphatic rings. The van der Waals surface area contributed by atoms with Gasteiger partial charge in [0.05, 0.1) is 22.9 Å². The van der Waals surface area contributed by atoms with E-state index in [1.54, 1.807) is 0 Å². The molecule has 0 saturated carbocycles. The first kappa shape index (κ1) is 18.7. The highest BCUT2D eigenvalue weighted by atomic mass is 35.5. The minimum atomic E-state index is -3.40. The number of halogens is 1. The smallest absolute Gasteiger partial charge is 0.253 e. The van der Waals surface area contributed by atoms with Crippen LogP contribution >= 0.6 is 11.6 Å². The molecule has 0 bridgehead atoms. The fourth-order valence-electron chi connectivity index (χ4n) is 3.20. The zero-order chi connectivity index (χ0) is 18.9. The van der Waals surface area contributed by atoms with Crippen molar-refractivity contribution in [1.82, 2.24) is 5.32 Å². The van der Waals surface area contributed by atoms with Gasteiger partial charge in [0.25, 0.3) is 5.91 Å². The zero-order valence-corrected chi connectivity index (χ0v) is 16.2. The van der Waals surface area contributed by atoms with Crippen molar-refractivity contribution in [2.45, 2.75) is 32.2 Å². The fourth-order valence-corrected chi connectivity index (χ4v) is 4.02. The first-order valence-electron chi connectivity index (χ1n) is 8.43. The second-order valence-electron chi connectivity index (χ2n) is 6.65. The van der Waals surface area contributed by atoms with E-state index in [2.05, 4.69) is 28.2 Å². The Labute approximate surface area is 158 Å². The highest BCUT2D eigenvalue weighted by Gasteiger charge is 2.17. The van der Waals surface area contributed by atoms with Crippen LogP contribution in [0.3, 0.4) is 0 Å². The van der Waals surface area contributed by atoms with Gasteiger partial charge in [0, 0.05) is 5.69 Å². The van der Waals surface area contributed by atoms with Crippen LogP contribution in [0.25, 0.3) is 0 Å². The Morgan fingerprint density at radius 1 is 1.12 bits per heavy atom. The van der Waals surface area contributed by atoms with Gasteiger partial charge in [-0.2, -0.15) is 0 Å². The second-order valence-corrected chi connectivity index (χ2v) is 8.80. The lowest BCUT2D eigenvalue weighted by Crippen LogP contribution is -2.27. The maximum Gasteiger partial charge on any atom is 0.253 e. The van der Waals surface area contributed by atoms with Crippen molar-refractivity contribution in [2.75, 3.05) is 11.0 Å². The van der Waals surface area contributed by atoms with Crippen molar-refractivity contribution in [3.05, 3.63) is 63.7 Å². The van der Waals surface area contributed by atoms with Crippen LogP contribution in [0, 0.1) is 0 Å². The van der Waals surface area contributed by atoms with Crippen LogP contribution in [0.5, 0.6) is 0 Å². The van der Waals surface area contributed by atoms with Gasteiger partial charge in [-0.05, 0) is 61.1 Å². The first-order chi connectivity index (χ1) is 12.2. The molecule has 0 fully saturated rings. The average Bonchev–Trinajstić information content (AvgIpc) is 3.00. The summed E-state index contributed by atoms with van der Waals surface area (Å²) in [6.45, 7) is 1.93. The molecule has 0 heterocycles. The number of amides is 1. The predicted molar refractivity (Wildman–Crippen MR) is 104 cm³/mol. The van der Waals surface area contributed by atoms with Crippen molar-refractivity contribution >= 4 is 33.2 Å². The number of aryl methyl sites for hydroxylation is 2. The van der Waals surface area contributed by atoms with Gasteiger partial charge in [-0.15, -0.1) is 0 Å². The third-order valence-electron chi connectivity index (χ3n) is 4.49. The Kier molecular flexibility index (Phi) is 5.25. The van der Waals surface area contributed by atoms with Crippen LogP contribution in [-0.2, 0) is 22.9 Å². The standard InChI is InChI=1S/C19H21ClN2O3S/c1-12(14-7-6-13-4-3-5-15(13)10-14)21-19(23)17-9-8-16(11-18(17)20)22-26(2,24)25/h6-12,22H,3-5H2,1-2H3,(H,21,23). The van der Waals surface area contributed by atoms with Crippen LogP contribution in [0.2, 0.25) is 5.02 Å². The number of rotatable bonds is 5. The molecule has 1 amide bonds. The fraction of sp³-hybridized carbons (Fsp3) is 0.316. The molecule has 1 atom stereocenters. The lowest BCUT2D eigenvalue weighted by molar-refractivity contribution is 0.0940. The molecular weight excluding hydrogens is 372 g/mol. The number of fused-ring (bicyclic) bond motifs is 1. The van der Waals surface area contributed by atoms with Crippen molar-refractivity contribution in [2.24, 2.45) is 0 Å². The lowest BCUT2D eigenvalue weighted by atomic mass is 10.0. The van der Waals surface area contributed by atoms with Gasteiger partial charge in [-0.1, -0.05) is 29.8 Å². The van der Waals surface area contributed by atoms with Gasteiger partial charge in [0.1, 0.15) is 0 Å². The van der Waals surface area contributed by atoms with E-state index in [0.717, 1.165) is 24.7 Å². The van der Waals surface area contributed by atoms with E-state index in [9.17, 15) is 13.2 Å². The number of nitrogens with one attached hydrogen (secondary N) is 2. The molecule has 0 radical (unpaired) electrons. The van der Waals surface area contributed by atoms with Crippen molar-refractivity contribution in [1.29, 1.82) is 0 Å². The Hall–Kier alpha value is -2.05. The summed E-state index contributed by atoms with van der Waals surface area (Å²) in [7, 11) is -3.40. The van der Waals surface area contributed by atoms with E-state index >= 15 is 0 Å². The molecule has 2 aromatic carbocycles. The number of sulfonamides is 1. The molecule has 1 aliphatic carbocycles. The van der Waals surface area contributed by atoms with Crippen LogP contribution in [0.4, 0.5) is 5.69 Å². The Morgan fingerprint density at radius 3 is 2.54 bits per heavy atom. The zero-order valence-electron chi connectivity index (χ0n) is 14.7. The monoisotopic (exact) mass is 392 g/mol. The largest absolute Gasteiger partial charge is 0.345 e. The average molecular weight is 393 g/mol. The number of hydrogen-bond donors (Lipinski definition) is 2. The highest BCUT2D eigenvalue weighted by Crippen LogP contribution is 2.26. The normalized spacial score (nSPS) is 14.6. The molecule has 2 N–H and O–H groups in total. The Balaban J connectivity index is 1.73. The molecule has 0 saturated heterocycles. The van der Waals surface area contributed by atoms with Crippen molar-refractivity contribution < 1.29 is 13.2 Å². The summed E-state index contributed by atoms with van der Waals surface area (Å²) in [5.74, 6) is -0.297. The van der Waals surface area contributed by atoms with Crippen molar-refractivity contribution in [3.8, 4) is 0 Å². The summed E-state index contributed by atoms with van der Waals surface area (Å²) in [5, 5.41) is 3.14. The van der Waals surface area contributed by atoms with E-state index < -0.39 is 10.0 Å². The molecule has 26 heavy (non-hydrogen) atoms. The van der Waals surface area contributed by atoms with Crippen LogP contribution in [0.15, 0.2) is 36.4 Å². The molecule has 7 heteroatoms. The summed E-state index contributed by atoms with van der Waals surface area (Å²) in [4.78, 5) is 12.5.